The van der Waals surface area contributed by atoms with Crippen LogP contribution in [0.3, 0.4) is 0 Å². The van der Waals surface area contributed by atoms with Gasteiger partial charge in [0.05, 0.1) is 5.69 Å². The molecular weight excluding hydrogens is 261 g/mol. The fourth-order valence-corrected chi connectivity index (χ4v) is 2.66. The second-order valence-electron chi connectivity index (χ2n) is 2.72. The Kier molecular flexibility index (Phi) is 2.35. The van der Waals surface area contributed by atoms with Crippen molar-refractivity contribution >= 4 is 32.8 Å². The molecule has 0 spiro atoms. The van der Waals surface area contributed by atoms with E-state index >= 15 is 0 Å². The third-order valence-electron chi connectivity index (χ3n) is 1.94. The highest BCUT2D eigenvalue weighted by atomic mass is 127. The Hall–Kier alpha value is -0.510. The van der Waals surface area contributed by atoms with Gasteiger partial charge in [-0.2, -0.15) is 0 Å². The molecule has 0 saturated carbocycles. The molecule has 1 nitrogen and oxygen atoms in total. The lowest BCUT2D eigenvalue weighted by atomic mass is 10.1. The van der Waals surface area contributed by atoms with E-state index < -0.39 is 0 Å². The van der Waals surface area contributed by atoms with Gasteiger partial charge in [0, 0.05) is 26.6 Å². The van der Waals surface area contributed by atoms with Crippen LogP contribution in [0.15, 0.2) is 25.4 Å². The minimum Gasteiger partial charge on any atom is -0.222 e. The highest BCUT2D eigenvalue weighted by Crippen LogP contribution is 2.30. The van der Waals surface area contributed by atoms with E-state index in [-0.39, 0.29) is 21.0 Å². The molecule has 0 unspecified atom stereocenters. The molecule has 0 amide bonds. The van der Waals surface area contributed by atoms with E-state index in [1.807, 2.05) is 0 Å². The standard InChI is InChI=1S/C10H10IN/c1-2-8-3-4-10-9(7-8)5-6-11-12-10/h3-7H,2H2,1H3. The van der Waals surface area contributed by atoms with Crippen LogP contribution in [0.2, 0.25) is 0 Å². The number of benzene rings is 1. The molecule has 0 fully saturated rings. The molecule has 1 aromatic carbocycles. The summed E-state index contributed by atoms with van der Waals surface area (Å²) in [6.45, 7) is 2.18. The fourth-order valence-electron chi connectivity index (χ4n) is 1.21. The van der Waals surface area contributed by atoms with Crippen LogP contribution in [0.1, 0.15) is 18.1 Å². The van der Waals surface area contributed by atoms with E-state index in [0.29, 0.717) is 0 Å². The smallest absolute Gasteiger partial charge is 0.0763 e. The van der Waals surface area contributed by atoms with Crippen LogP contribution >= 0.6 is 21.0 Å². The van der Waals surface area contributed by atoms with E-state index in [1.165, 1.54) is 16.8 Å². The van der Waals surface area contributed by atoms with Crippen molar-refractivity contribution in [1.29, 1.82) is 0 Å². The van der Waals surface area contributed by atoms with E-state index in [1.54, 1.807) is 0 Å². The summed E-state index contributed by atoms with van der Waals surface area (Å²) in [5.74, 6) is 0. The van der Waals surface area contributed by atoms with E-state index in [9.17, 15) is 0 Å². The van der Waals surface area contributed by atoms with Crippen LogP contribution in [0.4, 0.5) is 5.69 Å². The molecule has 1 aliphatic rings. The molecule has 0 aromatic heterocycles. The largest absolute Gasteiger partial charge is 0.222 e. The normalized spacial score (nSPS) is 13.8. The second-order valence-corrected chi connectivity index (χ2v) is 4.48. The van der Waals surface area contributed by atoms with Crippen molar-refractivity contribution in [2.45, 2.75) is 13.3 Å². The number of hydrogen-bond acceptors (Lipinski definition) is 1. The van der Waals surface area contributed by atoms with Crippen LogP contribution in [0.5, 0.6) is 0 Å². The zero-order chi connectivity index (χ0) is 8.39. The Bertz CT molecular complexity index is 353. The average Bonchev–Trinajstić information content (AvgIpc) is 2.17. The zero-order valence-corrected chi connectivity index (χ0v) is 9.08. The minimum absolute atomic E-state index is 0.0442. The van der Waals surface area contributed by atoms with Crippen molar-refractivity contribution in [2.75, 3.05) is 0 Å². The van der Waals surface area contributed by atoms with Crippen LogP contribution < -0.4 is 0 Å². The first kappa shape index (κ1) is 8.10. The zero-order valence-electron chi connectivity index (χ0n) is 6.92. The van der Waals surface area contributed by atoms with Gasteiger partial charge in [0.2, 0.25) is 0 Å². The summed E-state index contributed by atoms with van der Waals surface area (Å²) >= 11 is -0.0442. The van der Waals surface area contributed by atoms with E-state index in [0.717, 1.165) is 6.42 Å². The van der Waals surface area contributed by atoms with Crippen LogP contribution in [-0.4, -0.2) is 0 Å². The SMILES string of the molecule is CCc1ccc2c(c1)C=CI=N2. The van der Waals surface area contributed by atoms with Gasteiger partial charge in [-0.25, -0.2) is 3.15 Å². The summed E-state index contributed by atoms with van der Waals surface area (Å²) in [6, 6.07) is 6.54. The topological polar surface area (TPSA) is 12.4 Å². The van der Waals surface area contributed by atoms with Crippen molar-refractivity contribution in [2.24, 2.45) is 3.15 Å². The Morgan fingerprint density at radius 3 is 3.17 bits per heavy atom. The Labute approximate surface area is 82.7 Å². The van der Waals surface area contributed by atoms with E-state index in [4.69, 9.17) is 0 Å². The predicted octanol–water partition coefficient (Wildman–Crippen LogP) is 4.02. The first-order valence-corrected chi connectivity index (χ1v) is 6.24. The van der Waals surface area contributed by atoms with Crippen LogP contribution in [0, 0.1) is 0 Å². The fraction of sp³-hybridized carbons (Fsp3) is 0.200. The van der Waals surface area contributed by atoms with Crippen molar-refractivity contribution < 1.29 is 0 Å². The summed E-state index contributed by atoms with van der Waals surface area (Å²) in [5.41, 5.74) is 3.87. The molecule has 12 heavy (non-hydrogen) atoms. The van der Waals surface area contributed by atoms with E-state index in [2.05, 4.69) is 38.4 Å². The molecule has 1 aromatic rings. The van der Waals surface area contributed by atoms with Crippen molar-refractivity contribution in [3.05, 3.63) is 33.4 Å². The van der Waals surface area contributed by atoms with Crippen LogP contribution in [-0.2, 0) is 6.42 Å². The summed E-state index contributed by atoms with van der Waals surface area (Å²) in [5, 5.41) is 0. The van der Waals surface area contributed by atoms with Crippen molar-refractivity contribution in [3.63, 3.8) is 0 Å². The highest BCUT2D eigenvalue weighted by molar-refractivity contribution is 14.2. The number of hydrogen-bond donors (Lipinski definition) is 0. The number of nitrogens with zero attached hydrogens (tertiary/aromatic N) is 1. The lowest BCUT2D eigenvalue weighted by Gasteiger charge is -2.05. The van der Waals surface area contributed by atoms with Gasteiger partial charge < -0.3 is 0 Å². The Morgan fingerprint density at radius 2 is 2.33 bits per heavy atom. The first-order valence-electron chi connectivity index (χ1n) is 4.03. The van der Waals surface area contributed by atoms with Gasteiger partial charge in [0.15, 0.2) is 0 Å². The molecule has 62 valence electrons. The van der Waals surface area contributed by atoms with Gasteiger partial charge in [-0.3, -0.25) is 0 Å². The number of fused-ring (bicyclic) bond motifs is 1. The molecule has 0 aliphatic carbocycles. The highest BCUT2D eigenvalue weighted by Gasteiger charge is 2.01. The van der Waals surface area contributed by atoms with Crippen molar-refractivity contribution in [3.8, 4) is 0 Å². The summed E-state index contributed by atoms with van der Waals surface area (Å²) < 4.78 is 6.70. The maximum atomic E-state index is 4.49. The Morgan fingerprint density at radius 1 is 1.42 bits per heavy atom. The second kappa shape index (κ2) is 3.47. The minimum atomic E-state index is -0.0442. The predicted molar refractivity (Wildman–Crippen MR) is 61.0 cm³/mol. The molecular formula is C10H10IN. The first-order chi connectivity index (χ1) is 5.90. The molecule has 0 atom stereocenters. The lowest BCUT2D eigenvalue weighted by molar-refractivity contribution is 1.14. The number of halogens is 1. The van der Waals surface area contributed by atoms with Gasteiger partial charge in [-0.1, -0.05) is 13.0 Å². The maximum absolute atomic E-state index is 4.49. The lowest BCUT2D eigenvalue weighted by Crippen LogP contribution is -1.82. The molecule has 0 radical (unpaired) electrons. The summed E-state index contributed by atoms with van der Waals surface area (Å²) in [4.78, 5) is 0. The van der Waals surface area contributed by atoms with Crippen LogP contribution in [0.25, 0.3) is 6.08 Å². The van der Waals surface area contributed by atoms with Gasteiger partial charge in [-0.05, 0) is 34.3 Å². The molecule has 2 heteroatoms. The molecule has 1 aliphatic heterocycles. The molecule has 1 heterocycles. The molecule has 0 bridgehead atoms. The maximum Gasteiger partial charge on any atom is 0.0763 e. The average molecular weight is 271 g/mol. The molecule has 0 N–H and O–H groups in total. The summed E-state index contributed by atoms with van der Waals surface area (Å²) in [7, 11) is 0. The monoisotopic (exact) mass is 271 g/mol. The molecule has 2 rings (SSSR count). The van der Waals surface area contributed by atoms with Gasteiger partial charge in [-0.15, -0.1) is 0 Å². The number of rotatable bonds is 1. The number of aryl methyl sites for hydroxylation is 1. The summed E-state index contributed by atoms with van der Waals surface area (Å²) in [6.07, 6.45) is 3.31. The third kappa shape index (κ3) is 1.48. The Balaban J connectivity index is 2.51. The molecule has 0 saturated heterocycles. The quantitative estimate of drug-likeness (QED) is 0.684. The van der Waals surface area contributed by atoms with Gasteiger partial charge in [0.1, 0.15) is 0 Å². The van der Waals surface area contributed by atoms with Gasteiger partial charge in [0.25, 0.3) is 0 Å². The third-order valence-corrected chi connectivity index (χ3v) is 3.42. The van der Waals surface area contributed by atoms with Crippen molar-refractivity contribution in [1.82, 2.24) is 0 Å². The van der Waals surface area contributed by atoms with Gasteiger partial charge >= 0.3 is 0 Å².